The molecule has 8 heteroatoms. The molecule has 0 aromatic carbocycles. The van der Waals surface area contributed by atoms with Gasteiger partial charge in [0, 0.05) is 39.5 Å². The maximum atomic E-state index is 6.28. The second kappa shape index (κ2) is 12.7. The van der Waals surface area contributed by atoms with Crippen molar-refractivity contribution in [3.8, 4) is 0 Å². The molecule has 3 rings (SSSR count). The molecule has 2 aliphatic rings. The van der Waals surface area contributed by atoms with E-state index < -0.39 is 0 Å². The highest BCUT2D eigenvalue weighted by atomic mass is 127. The van der Waals surface area contributed by atoms with Gasteiger partial charge in [0.25, 0.3) is 0 Å². The Morgan fingerprint density at radius 3 is 2.71 bits per heavy atom. The molecule has 2 fully saturated rings. The van der Waals surface area contributed by atoms with Crippen molar-refractivity contribution >= 4 is 29.9 Å². The van der Waals surface area contributed by atoms with Crippen LogP contribution in [0.4, 0.5) is 0 Å². The lowest BCUT2D eigenvalue weighted by atomic mass is 10.1. The number of rotatable bonds is 8. The van der Waals surface area contributed by atoms with Gasteiger partial charge in [-0.3, -0.25) is 4.99 Å². The quantitative estimate of drug-likeness (QED) is 0.244. The summed E-state index contributed by atoms with van der Waals surface area (Å²) in [5, 5.41) is 6.64. The largest absolute Gasteiger partial charge is 0.469 e. The van der Waals surface area contributed by atoms with Crippen LogP contribution in [0.25, 0.3) is 0 Å². The number of nitrogens with one attached hydrogen (secondary N) is 2. The average molecular weight is 507 g/mol. The fraction of sp³-hybridized carbons (Fsp3) is 0.750. The van der Waals surface area contributed by atoms with Crippen LogP contribution >= 0.6 is 24.0 Å². The molecule has 1 saturated carbocycles. The lowest BCUT2D eigenvalue weighted by Crippen LogP contribution is -2.40. The second-order valence-corrected chi connectivity index (χ2v) is 7.24. The van der Waals surface area contributed by atoms with E-state index in [1.807, 2.05) is 12.1 Å². The molecule has 2 heterocycles. The van der Waals surface area contributed by atoms with Crippen molar-refractivity contribution in [1.82, 2.24) is 10.6 Å². The Labute approximate surface area is 185 Å². The molecule has 0 bridgehead atoms. The summed E-state index contributed by atoms with van der Waals surface area (Å²) in [7, 11) is 1.69. The van der Waals surface area contributed by atoms with Gasteiger partial charge in [0.05, 0.1) is 26.0 Å². The number of ether oxygens (including phenoxy) is 3. The van der Waals surface area contributed by atoms with E-state index in [1.165, 1.54) is 25.7 Å². The number of hydrogen-bond donors (Lipinski definition) is 2. The lowest BCUT2D eigenvalue weighted by Gasteiger charge is -2.26. The maximum absolute atomic E-state index is 6.28. The first-order chi connectivity index (χ1) is 13.3. The summed E-state index contributed by atoms with van der Waals surface area (Å²) < 4.78 is 22.8. The van der Waals surface area contributed by atoms with E-state index >= 15 is 0 Å². The molecule has 1 saturated heterocycles. The summed E-state index contributed by atoms with van der Waals surface area (Å²) in [5.74, 6) is 1.37. The predicted octanol–water partition coefficient (Wildman–Crippen LogP) is 3.09. The highest BCUT2D eigenvalue weighted by Gasteiger charge is 2.41. The number of aliphatic imine (C=N–C) groups is 1. The van der Waals surface area contributed by atoms with E-state index in [2.05, 4.69) is 10.6 Å². The first-order valence-corrected chi connectivity index (χ1v) is 10.1. The van der Waals surface area contributed by atoms with E-state index in [-0.39, 0.29) is 35.9 Å². The van der Waals surface area contributed by atoms with Crippen LogP contribution in [0.3, 0.4) is 0 Å². The van der Waals surface area contributed by atoms with Gasteiger partial charge in [0.1, 0.15) is 11.9 Å². The van der Waals surface area contributed by atoms with Gasteiger partial charge in [-0.25, -0.2) is 0 Å². The molecule has 28 heavy (non-hydrogen) atoms. The van der Waals surface area contributed by atoms with Crippen LogP contribution in [0.1, 0.15) is 44.3 Å². The van der Waals surface area contributed by atoms with Crippen LogP contribution in [0.15, 0.2) is 27.8 Å². The van der Waals surface area contributed by atoms with Crippen LogP contribution in [0.2, 0.25) is 0 Å². The normalized spacial score (nSPS) is 21.9. The summed E-state index contributed by atoms with van der Waals surface area (Å²) >= 11 is 0. The Hall–Kier alpha value is -0.840. The Morgan fingerprint density at radius 1 is 1.21 bits per heavy atom. The van der Waals surface area contributed by atoms with Crippen molar-refractivity contribution in [2.24, 2.45) is 4.99 Å². The van der Waals surface area contributed by atoms with Crippen LogP contribution < -0.4 is 10.6 Å². The number of halogens is 1. The monoisotopic (exact) mass is 507 g/mol. The van der Waals surface area contributed by atoms with Crippen molar-refractivity contribution in [2.75, 3.05) is 40.0 Å². The first-order valence-electron chi connectivity index (χ1n) is 10.1. The van der Waals surface area contributed by atoms with Gasteiger partial charge in [-0.05, 0) is 25.0 Å². The summed E-state index contributed by atoms with van der Waals surface area (Å²) in [4.78, 5) is 4.70. The zero-order valence-corrected chi connectivity index (χ0v) is 19.1. The molecule has 2 N–H and O–H groups in total. The minimum absolute atomic E-state index is 0. The summed E-state index contributed by atoms with van der Waals surface area (Å²) in [5.41, 5.74) is 0. The molecular formula is C20H34IN3O4. The van der Waals surface area contributed by atoms with E-state index in [0.717, 1.165) is 37.5 Å². The third kappa shape index (κ3) is 7.53. The third-order valence-electron chi connectivity index (χ3n) is 5.07. The fourth-order valence-corrected chi connectivity index (χ4v) is 3.63. The van der Waals surface area contributed by atoms with Crippen LogP contribution in [0, 0.1) is 0 Å². The minimum Gasteiger partial charge on any atom is -0.469 e. The van der Waals surface area contributed by atoms with E-state index in [9.17, 15) is 0 Å². The van der Waals surface area contributed by atoms with Gasteiger partial charge in [0.2, 0.25) is 0 Å². The SMILES string of the molecule is COCCNC(=NCC1COC2(CCCCCC2)O1)NCCc1ccco1.I. The molecule has 1 aromatic rings. The molecule has 1 aromatic heterocycles. The van der Waals surface area contributed by atoms with Crippen molar-refractivity contribution in [3.05, 3.63) is 24.2 Å². The van der Waals surface area contributed by atoms with Crippen LogP contribution in [-0.4, -0.2) is 57.8 Å². The molecular weight excluding hydrogens is 473 g/mol. The average Bonchev–Trinajstić information content (AvgIpc) is 3.26. The standard InChI is InChI=1S/C20H33N3O4.HI/c1-24-14-12-22-19(21-11-8-17-7-6-13-25-17)23-15-18-16-26-20(27-18)9-4-2-3-5-10-20;/h6-7,13,18H,2-5,8-12,14-16H2,1H3,(H2,21,22,23);1H. The molecule has 1 aliphatic heterocycles. The Balaban J connectivity index is 0.00000280. The van der Waals surface area contributed by atoms with Gasteiger partial charge < -0.3 is 29.3 Å². The highest BCUT2D eigenvalue weighted by molar-refractivity contribution is 14.0. The van der Waals surface area contributed by atoms with Crippen molar-refractivity contribution < 1.29 is 18.6 Å². The number of nitrogens with zero attached hydrogens (tertiary/aromatic N) is 1. The molecule has 0 amide bonds. The van der Waals surface area contributed by atoms with Gasteiger partial charge in [-0.1, -0.05) is 12.8 Å². The smallest absolute Gasteiger partial charge is 0.191 e. The molecule has 1 atom stereocenters. The summed E-state index contributed by atoms with van der Waals surface area (Å²) in [6, 6.07) is 3.88. The van der Waals surface area contributed by atoms with Crippen LogP contribution in [0.5, 0.6) is 0 Å². The van der Waals surface area contributed by atoms with Gasteiger partial charge in [-0.2, -0.15) is 0 Å². The lowest BCUT2D eigenvalue weighted by molar-refractivity contribution is -0.174. The second-order valence-electron chi connectivity index (χ2n) is 7.24. The molecule has 7 nitrogen and oxygen atoms in total. The fourth-order valence-electron chi connectivity index (χ4n) is 3.63. The van der Waals surface area contributed by atoms with Crippen LogP contribution in [-0.2, 0) is 20.6 Å². The van der Waals surface area contributed by atoms with Crippen molar-refractivity contribution in [3.63, 3.8) is 0 Å². The highest BCUT2D eigenvalue weighted by Crippen LogP contribution is 2.36. The van der Waals surface area contributed by atoms with Gasteiger partial charge in [-0.15, -0.1) is 24.0 Å². The summed E-state index contributed by atoms with van der Waals surface area (Å²) in [6.07, 6.45) is 9.49. The third-order valence-corrected chi connectivity index (χ3v) is 5.07. The number of furan rings is 1. The number of hydrogen-bond acceptors (Lipinski definition) is 5. The van der Waals surface area contributed by atoms with Gasteiger partial charge >= 0.3 is 0 Å². The molecule has 0 radical (unpaired) electrons. The topological polar surface area (TPSA) is 77.2 Å². The van der Waals surface area contributed by atoms with Crippen molar-refractivity contribution in [2.45, 2.75) is 56.8 Å². The van der Waals surface area contributed by atoms with E-state index in [4.69, 9.17) is 23.6 Å². The number of methoxy groups -OCH3 is 1. The Kier molecular flexibility index (Phi) is 10.6. The zero-order chi connectivity index (χ0) is 18.8. The number of guanidine groups is 1. The minimum atomic E-state index is -0.354. The van der Waals surface area contributed by atoms with Gasteiger partial charge in [0.15, 0.2) is 11.7 Å². The molecule has 1 aliphatic carbocycles. The Morgan fingerprint density at radius 2 is 2.00 bits per heavy atom. The first kappa shape index (κ1) is 23.4. The summed E-state index contributed by atoms with van der Waals surface area (Å²) in [6.45, 7) is 3.30. The van der Waals surface area contributed by atoms with E-state index in [1.54, 1.807) is 13.4 Å². The Bertz CT molecular complexity index is 560. The molecule has 1 unspecified atom stereocenters. The van der Waals surface area contributed by atoms with Crippen molar-refractivity contribution in [1.29, 1.82) is 0 Å². The molecule has 1 spiro atoms. The predicted molar refractivity (Wildman–Crippen MR) is 119 cm³/mol. The zero-order valence-electron chi connectivity index (χ0n) is 16.8. The molecule has 160 valence electrons. The maximum Gasteiger partial charge on any atom is 0.191 e. The van der Waals surface area contributed by atoms with E-state index in [0.29, 0.717) is 26.3 Å².